The van der Waals surface area contributed by atoms with Crippen LogP contribution in [0.1, 0.15) is 92.9 Å². The topological polar surface area (TPSA) is 136 Å². The molecule has 0 bridgehead atoms. The number of aryl methyl sites for hydroxylation is 1. The van der Waals surface area contributed by atoms with Gasteiger partial charge in [0.15, 0.2) is 0 Å². The van der Waals surface area contributed by atoms with Gasteiger partial charge < -0.3 is 14.2 Å². The standard InChI is InChI=1S/C31H33N2O.C8H15NO3S.CH4O3S/c1-2-8-20(9-3-1)27-25-18-21-10-4-14-32-16-6-12-23(28(21)32)30(25)34-31-24-13-7-17-33-15-5-11-22(29(24)33)19-26(27)31;1-7(10)8-4-2-3-5-9-13(11,12)6-8;1-5(2,3)4/h1-3,8-9,18-19,25,27H,4-7,10-17H2;8-9H,2-6H2,1H3;1H3,(H,2,3,4)/q+1;;/p-1. The fourth-order valence-corrected chi connectivity index (χ4v) is 10.9. The number of ether oxygens (including phenoxy) is 1. The highest BCUT2D eigenvalue weighted by atomic mass is 32.2. The Morgan fingerprint density at radius 2 is 1.69 bits per heavy atom. The molecule has 1 aliphatic carbocycles. The minimum Gasteiger partial charge on any atom is -0.748 e. The molecule has 7 aliphatic rings. The summed E-state index contributed by atoms with van der Waals surface area (Å²) >= 11 is 0. The van der Waals surface area contributed by atoms with Crippen LogP contribution in [-0.2, 0) is 37.8 Å². The van der Waals surface area contributed by atoms with Gasteiger partial charge in [-0.05, 0) is 75.5 Å². The van der Waals surface area contributed by atoms with Crippen molar-refractivity contribution < 1.29 is 35.5 Å². The number of benzene rings is 2. The second-order valence-electron chi connectivity index (χ2n) is 15.3. The average Bonchev–Trinajstić information content (AvgIpc) is 3.10. The van der Waals surface area contributed by atoms with Crippen LogP contribution < -0.4 is 14.4 Å². The highest BCUT2D eigenvalue weighted by Gasteiger charge is 2.46. The second kappa shape index (κ2) is 15.2. The van der Waals surface area contributed by atoms with Crippen LogP contribution in [0.4, 0.5) is 5.69 Å². The van der Waals surface area contributed by atoms with Crippen LogP contribution >= 0.6 is 0 Å². The van der Waals surface area contributed by atoms with Crippen molar-refractivity contribution in [3.63, 3.8) is 0 Å². The quantitative estimate of drug-likeness (QED) is 0.327. The van der Waals surface area contributed by atoms with Crippen molar-refractivity contribution in [2.24, 2.45) is 11.8 Å². The van der Waals surface area contributed by atoms with Gasteiger partial charge in [-0.3, -0.25) is 4.79 Å². The molecule has 0 aromatic heterocycles. The van der Waals surface area contributed by atoms with Crippen LogP contribution in [0.25, 0.3) is 0 Å². The van der Waals surface area contributed by atoms with Crippen molar-refractivity contribution in [3.05, 3.63) is 81.6 Å². The molecule has 12 heteroatoms. The smallest absolute Gasteiger partial charge is 0.212 e. The summed E-state index contributed by atoms with van der Waals surface area (Å²) in [4.78, 5) is 13.7. The number of hydrogen-bond acceptors (Lipinski definition) is 8. The molecule has 52 heavy (non-hydrogen) atoms. The summed E-state index contributed by atoms with van der Waals surface area (Å²) in [5.41, 5.74) is 12.1. The number of Topliss-reactive ketones (excluding diaryl/α,β-unsaturated/α-hetero) is 1. The zero-order valence-electron chi connectivity index (χ0n) is 30.4. The first kappa shape index (κ1) is 37.0. The summed E-state index contributed by atoms with van der Waals surface area (Å²) < 4.78 is 62.1. The van der Waals surface area contributed by atoms with Crippen molar-refractivity contribution in [2.75, 3.05) is 49.6 Å². The van der Waals surface area contributed by atoms with Gasteiger partial charge >= 0.3 is 0 Å². The number of sulfonamides is 1. The predicted octanol–water partition coefficient (Wildman–Crippen LogP) is 5.22. The third kappa shape index (κ3) is 7.95. The van der Waals surface area contributed by atoms with E-state index in [1.807, 2.05) is 0 Å². The van der Waals surface area contributed by atoms with Gasteiger partial charge in [0.1, 0.15) is 30.4 Å². The van der Waals surface area contributed by atoms with E-state index in [0.717, 1.165) is 25.7 Å². The Hall–Kier alpha value is -3.32. The van der Waals surface area contributed by atoms with E-state index in [9.17, 15) is 13.2 Å². The molecular formula is C40H51N3O7S2. The maximum Gasteiger partial charge on any atom is 0.212 e. The van der Waals surface area contributed by atoms with Gasteiger partial charge in [-0.2, -0.15) is 0 Å². The predicted molar refractivity (Wildman–Crippen MR) is 202 cm³/mol. The number of nitrogens with one attached hydrogen (secondary N) is 1. The summed E-state index contributed by atoms with van der Waals surface area (Å²) in [5.74, 6) is 2.78. The van der Waals surface area contributed by atoms with Crippen LogP contribution in [0.15, 0.2) is 59.4 Å². The number of ketones is 1. The first-order chi connectivity index (χ1) is 24.9. The second-order valence-corrected chi connectivity index (χ2v) is 18.5. The number of allylic oxidation sites excluding steroid dienone is 3. The van der Waals surface area contributed by atoms with E-state index >= 15 is 0 Å². The largest absolute Gasteiger partial charge is 0.748 e. The van der Waals surface area contributed by atoms with Gasteiger partial charge in [-0.1, -0.05) is 42.8 Å². The first-order valence-electron chi connectivity index (χ1n) is 19.0. The van der Waals surface area contributed by atoms with Crippen LogP contribution in [0, 0.1) is 11.8 Å². The lowest BCUT2D eigenvalue weighted by Gasteiger charge is -2.44. The molecule has 1 saturated heterocycles. The Labute approximate surface area is 308 Å². The van der Waals surface area contributed by atoms with E-state index in [1.165, 1.54) is 117 Å². The molecule has 1 fully saturated rings. The molecule has 9 rings (SSSR count). The van der Waals surface area contributed by atoms with Crippen LogP contribution in [0.2, 0.25) is 0 Å². The van der Waals surface area contributed by atoms with E-state index < -0.39 is 20.1 Å². The van der Waals surface area contributed by atoms with Crippen molar-refractivity contribution in [3.8, 4) is 5.75 Å². The number of fused-ring (bicyclic) bond motifs is 3. The molecular weight excluding hydrogens is 699 g/mol. The summed E-state index contributed by atoms with van der Waals surface area (Å²) in [6, 6.07) is 13.9. The van der Waals surface area contributed by atoms with Crippen LogP contribution in [0.5, 0.6) is 5.75 Å². The van der Waals surface area contributed by atoms with Gasteiger partial charge in [-0.15, -0.1) is 0 Å². The third-order valence-electron chi connectivity index (χ3n) is 11.5. The van der Waals surface area contributed by atoms with Crippen LogP contribution in [0.3, 0.4) is 0 Å². The first-order valence-corrected chi connectivity index (χ1v) is 22.5. The molecule has 6 aliphatic heterocycles. The Morgan fingerprint density at radius 1 is 0.981 bits per heavy atom. The van der Waals surface area contributed by atoms with Crippen molar-refractivity contribution in [1.29, 1.82) is 0 Å². The zero-order valence-corrected chi connectivity index (χ0v) is 32.0. The molecule has 6 heterocycles. The maximum atomic E-state index is 11.3. The number of anilines is 1. The van der Waals surface area contributed by atoms with E-state index in [1.54, 1.807) is 11.1 Å². The summed E-state index contributed by atoms with van der Waals surface area (Å²) in [5, 5.41) is 0. The molecule has 280 valence electrons. The Kier molecular flexibility index (Phi) is 10.8. The number of rotatable bonds is 2. The Bertz CT molecular complexity index is 2020. The van der Waals surface area contributed by atoms with Gasteiger partial charge in [-0.25, -0.2) is 26.1 Å². The average molecular weight is 750 g/mol. The third-order valence-corrected chi connectivity index (χ3v) is 13.0. The maximum absolute atomic E-state index is 11.3. The van der Waals surface area contributed by atoms with Gasteiger partial charge in [0.25, 0.3) is 0 Å². The summed E-state index contributed by atoms with van der Waals surface area (Å²) in [7, 11) is -7.12. The molecule has 0 saturated carbocycles. The SMILES string of the molecule is C1=C2CCC[N+]3=C2C(=C2Oc4c(cc5c6c4CCCN6CCC5)C(c4ccccc4)C12)CCC3.CC(=O)C1CCCCNS(=O)(=O)C1.CS(=O)(=O)[O-]. The normalized spacial score (nSPS) is 25.8. The lowest BCUT2D eigenvalue weighted by atomic mass is 9.69. The molecule has 0 amide bonds. The Morgan fingerprint density at radius 3 is 2.42 bits per heavy atom. The number of hydrogen-bond donors (Lipinski definition) is 1. The fourth-order valence-electron chi connectivity index (χ4n) is 9.37. The molecule has 1 N–H and O–H groups in total. The molecule has 2 aromatic carbocycles. The minimum atomic E-state index is -3.92. The van der Waals surface area contributed by atoms with Crippen molar-refractivity contribution in [1.82, 2.24) is 4.72 Å². The molecule has 2 aromatic rings. The highest BCUT2D eigenvalue weighted by Crippen LogP contribution is 2.55. The number of carbonyl (C=O) groups is 1. The Balaban J connectivity index is 0.000000195. The lowest BCUT2D eigenvalue weighted by Crippen LogP contribution is -2.41. The molecule has 10 nitrogen and oxygen atoms in total. The monoisotopic (exact) mass is 749 g/mol. The van der Waals surface area contributed by atoms with Crippen molar-refractivity contribution in [2.45, 2.75) is 83.5 Å². The van der Waals surface area contributed by atoms with E-state index in [4.69, 9.17) is 17.7 Å². The van der Waals surface area contributed by atoms with Crippen LogP contribution in [-0.4, -0.2) is 82.2 Å². The number of carbonyl (C=O) groups excluding carboxylic acids is 1. The minimum absolute atomic E-state index is 0.0210. The van der Waals surface area contributed by atoms with Gasteiger partial charge in [0.05, 0.1) is 21.4 Å². The van der Waals surface area contributed by atoms with Crippen molar-refractivity contribution >= 4 is 37.3 Å². The summed E-state index contributed by atoms with van der Waals surface area (Å²) in [6.07, 6.45) is 15.5. The van der Waals surface area contributed by atoms with Gasteiger partial charge in [0.2, 0.25) is 15.7 Å². The summed E-state index contributed by atoms with van der Waals surface area (Å²) in [6.45, 7) is 6.79. The fraction of sp³-hybridized carbons (Fsp3) is 0.550. The highest BCUT2D eigenvalue weighted by molar-refractivity contribution is 7.89. The van der Waals surface area contributed by atoms with E-state index in [2.05, 4.69) is 56.7 Å². The van der Waals surface area contributed by atoms with Gasteiger partial charge in [0, 0.05) is 78.9 Å². The lowest BCUT2D eigenvalue weighted by molar-refractivity contribution is -0.533. The molecule has 0 radical (unpaired) electrons. The molecule has 0 spiro atoms. The number of nitrogens with zero attached hydrogens (tertiary/aromatic N) is 2. The zero-order chi connectivity index (χ0) is 36.6. The molecule has 3 atom stereocenters. The van der Waals surface area contributed by atoms with E-state index in [0.29, 0.717) is 31.1 Å². The molecule has 3 unspecified atom stereocenters. The van der Waals surface area contributed by atoms with E-state index in [-0.39, 0.29) is 17.5 Å².